The second kappa shape index (κ2) is 4.64. The van der Waals surface area contributed by atoms with Gasteiger partial charge in [-0.3, -0.25) is 4.90 Å². The van der Waals surface area contributed by atoms with Crippen molar-refractivity contribution in [2.24, 2.45) is 11.8 Å². The van der Waals surface area contributed by atoms with E-state index in [9.17, 15) is 5.11 Å². The van der Waals surface area contributed by atoms with Crippen molar-refractivity contribution in [3.8, 4) is 11.5 Å². The first-order chi connectivity index (χ1) is 10.0. The van der Waals surface area contributed by atoms with Crippen molar-refractivity contribution in [1.82, 2.24) is 4.90 Å². The summed E-state index contributed by atoms with van der Waals surface area (Å²) in [4.78, 5) is 2.68. The van der Waals surface area contributed by atoms with E-state index in [1.165, 1.54) is 37.9 Å². The van der Waals surface area contributed by atoms with Gasteiger partial charge < -0.3 is 9.84 Å². The highest BCUT2D eigenvalue weighted by Gasteiger charge is 2.43. The minimum Gasteiger partial charge on any atom is -0.508 e. The van der Waals surface area contributed by atoms with Gasteiger partial charge in [0.1, 0.15) is 17.1 Å². The summed E-state index contributed by atoms with van der Waals surface area (Å²) < 4.78 is 6.10. The average Bonchev–Trinajstić information content (AvgIpc) is 2.96. The van der Waals surface area contributed by atoms with E-state index < -0.39 is 0 Å². The summed E-state index contributed by atoms with van der Waals surface area (Å²) in [6.07, 6.45) is 5.28. The molecule has 3 unspecified atom stereocenters. The molecule has 0 bridgehead atoms. The molecule has 0 radical (unpaired) electrons. The van der Waals surface area contributed by atoms with Crippen LogP contribution in [-0.4, -0.2) is 28.7 Å². The van der Waals surface area contributed by atoms with Gasteiger partial charge in [0.15, 0.2) is 0 Å². The monoisotopic (exact) mass is 287 g/mol. The van der Waals surface area contributed by atoms with Gasteiger partial charge in [-0.25, -0.2) is 0 Å². The van der Waals surface area contributed by atoms with Crippen LogP contribution in [0.4, 0.5) is 0 Å². The molecule has 2 heterocycles. The molecular weight excluding hydrogens is 262 g/mol. The molecule has 3 atom stereocenters. The van der Waals surface area contributed by atoms with Gasteiger partial charge in [-0.05, 0) is 44.6 Å². The zero-order valence-corrected chi connectivity index (χ0v) is 13.0. The molecule has 2 aliphatic heterocycles. The highest BCUT2D eigenvalue weighted by atomic mass is 16.5. The third kappa shape index (κ3) is 2.32. The van der Waals surface area contributed by atoms with E-state index in [0.29, 0.717) is 11.8 Å². The molecule has 3 aliphatic rings. The zero-order chi connectivity index (χ0) is 14.6. The Balaban J connectivity index is 1.66. The summed E-state index contributed by atoms with van der Waals surface area (Å²) in [5.41, 5.74) is 1.09. The molecule has 1 aromatic carbocycles. The lowest BCUT2D eigenvalue weighted by Gasteiger charge is -2.41. The van der Waals surface area contributed by atoms with Gasteiger partial charge in [0.25, 0.3) is 0 Å². The topological polar surface area (TPSA) is 32.7 Å². The molecule has 0 aromatic heterocycles. The summed E-state index contributed by atoms with van der Waals surface area (Å²) >= 11 is 0. The average molecular weight is 287 g/mol. The molecule has 4 rings (SSSR count). The fourth-order valence-corrected chi connectivity index (χ4v) is 4.65. The third-order valence-electron chi connectivity index (χ3n) is 5.62. The number of nitrogens with zero attached hydrogens (tertiary/aromatic N) is 1. The van der Waals surface area contributed by atoms with E-state index in [2.05, 4.69) is 24.8 Å². The van der Waals surface area contributed by atoms with Crippen molar-refractivity contribution >= 4 is 0 Å². The number of ether oxygens (including phenoxy) is 1. The van der Waals surface area contributed by atoms with Crippen LogP contribution in [0.15, 0.2) is 18.2 Å². The maximum absolute atomic E-state index is 9.75. The highest BCUT2D eigenvalue weighted by molar-refractivity contribution is 5.44. The van der Waals surface area contributed by atoms with Gasteiger partial charge >= 0.3 is 0 Å². The Morgan fingerprint density at radius 1 is 1.19 bits per heavy atom. The molecular formula is C18H25NO2. The molecule has 114 valence electrons. The third-order valence-corrected chi connectivity index (χ3v) is 5.62. The van der Waals surface area contributed by atoms with Gasteiger partial charge in [0, 0.05) is 37.2 Å². The maximum atomic E-state index is 9.75. The largest absolute Gasteiger partial charge is 0.508 e. The predicted octanol–water partition coefficient (Wildman–Crippen LogP) is 3.73. The van der Waals surface area contributed by atoms with Gasteiger partial charge in [-0.2, -0.15) is 0 Å². The first-order valence-electron chi connectivity index (χ1n) is 8.28. The Labute approximate surface area is 126 Å². The molecule has 0 amide bonds. The van der Waals surface area contributed by atoms with E-state index in [1.54, 1.807) is 12.1 Å². The lowest BCUT2D eigenvalue weighted by Crippen LogP contribution is -2.41. The number of aromatic hydroxyl groups is 1. The molecule has 1 saturated heterocycles. The van der Waals surface area contributed by atoms with E-state index >= 15 is 0 Å². The summed E-state index contributed by atoms with van der Waals surface area (Å²) in [6, 6.07) is 6.07. The van der Waals surface area contributed by atoms with E-state index in [4.69, 9.17) is 4.74 Å². The molecule has 1 aromatic rings. The molecule has 1 saturated carbocycles. The van der Waals surface area contributed by atoms with Crippen LogP contribution in [0.5, 0.6) is 11.5 Å². The van der Waals surface area contributed by atoms with Crippen molar-refractivity contribution < 1.29 is 9.84 Å². The Kier molecular flexibility index (Phi) is 2.97. The zero-order valence-electron chi connectivity index (χ0n) is 13.0. The van der Waals surface area contributed by atoms with Gasteiger partial charge in [0.2, 0.25) is 0 Å². The van der Waals surface area contributed by atoms with Crippen LogP contribution in [0.1, 0.15) is 51.1 Å². The Bertz CT molecular complexity index is 542. The van der Waals surface area contributed by atoms with Gasteiger partial charge in [0.05, 0.1) is 0 Å². The standard InChI is InChI=1S/C18H25NO2/c1-18(2)9-16(15-7-6-14(20)8-17(15)21-18)19-10-12-4-3-5-13(12)11-19/h6-8,12-13,16,20H,3-5,9-11H2,1-2H3. The summed E-state index contributed by atoms with van der Waals surface area (Å²) in [5, 5.41) is 9.75. The van der Waals surface area contributed by atoms with Crippen LogP contribution in [0, 0.1) is 11.8 Å². The van der Waals surface area contributed by atoms with Crippen LogP contribution in [0.3, 0.4) is 0 Å². The molecule has 21 heavy (non-hydrogen) atoms. The van der Waals surface area contributed by atoms with Crippen molar-refractivity contribution in [2.45, 2.75) is 51.2 Å². The number of benzene rings is 1. The lowest BCUT2D eigenvalue weighted by atomic mass is 9.88. The van der Waals surface area contributed by atoms with Crippen molar-refractivity contribution in [3.05, 3.63) is 23.8 Å². The molecule has 3 heteroatoms. The molecule has 2 fully saturated rings. The summed E-state index contributed by atoms with van der Waals surface area (Å²) in [7, 11) is 0. The normalized spacial score (nSPS) is 34.3. The van der Waals surface area contributed by atoms with E-state index in [1.807, 2.05) is 0 Å². The molecule has 1 N–H and O–H groups in total. The second-order valence-electron chi connectivity index (χ2n) is 7.71. The van der Waals surface area contributed by atoms with Crippen LogP contribution >= 0.6 is 0 Å². The summed E-state index contributed by atoms with van der Waals surface area (Å²) in [5.74, 6) is 2.99. The Morgan fingerprint density at radius 2 is 1.90 bits per heavy atom. The fraction of sp³-hybridized carbons (Fsp3) is 0.667. The van der Waals surface area contributed by atoms with E-state index in [-0.39, 0.29) is 5.60 Å². The number of hydrogen-bond acceptors (Lipinski definition) is 3. The van der Waals surface area contributed by atoms with Crippen molar-refractivity contribution in [2.75, 3.05) is 13.1 Å². The molecule has 1 aliphatic carbocycles. The van der Waals surface area contributed by atoms with Crippen molar-refractivity contribution in [3.63, 3.8) is 0 Å². The first kappa shape index (κ1) is 13.4. The predicted molar refractivity (Wildman–Crippen MR) is 82.6 cm³/mol. The van der Waals surface area contributed by atoms with Crippen molar-refractivity contribution in [1.29, 1.82) is 0 Å². The van der Waals surface area contributed by atoms with Gasteiger partial charge in [-0.15, -0.1) is 0 Å². The highest BCUT2D eigenvalue weighted by Crippen LogP contribution is 2.48. The van der Waals surface area contributed by atoms with Crippen LogP contribution in [0.25, 0.3) is 0 Å². The van der Waals surface area contributed by atoms with Crippen LogP contribution in [-0.2, 0) is 0 Å². The van der Waals surface area contributed by atoms with Crippen LogP contribution in [0.2, 0.25) is 0 Å². The summed E-state index contributed by atoms with van der Waals surface area (Å²) in [6.45, 7) is 6.80. The quantitative estimate of drug-likeness (QED) is 0.854. The number of phenols is 1. The smallest absolute Gasteiger partial charge is 0.128 e. The lowest BCUT2D eigenvalue weighted by molar-refractivity contribution is 0.0342. The van der Waals surface area contributed by atoms with Gasteiger partial charge in [-0.1, -0.05) is 12.5 Å². The van der Waals surface area contributed by atoms with E-state index in [0.717, 1.165) is 24.0 Å². The number of fused-ring (bicyclic) bond motifs is 2. The SMILES string of the molecule is CC1(C)CC(N2CC3CCCC3C2)c2ccc(O)cc2O1. The maximum Gasteiger partial charge on any atom is 0.128 e. The molecule has 0 spiro atoms. The molecule has 3 nitrogen and oxygen atoms in total. The number of phenolic OH excluding ortho intramolecular Hbond substituents is 1. The Hall–Kier alpha value is -1.22. The minimum absolute atomic E-state index is 0.164. The minimum atomic E-state index is -0.164. The fourth-order valence-electron chi connectivity index (χ4n) is 4.65. The van der Waals surface area contributed by atoms with Crippen LogP contribution < -0.4 is 4.74 Å². The first-order valence-corrected chi connectivity index (χ1v) is 8.28. The Morgan fingerprint density at radius 3 is 2.62 bits per heavy atom. The number of hydrogen-bond donors (Lipinski definition) is 1. The second-order valence-corrected chi connectivity index (χ2v) is 7.71. The number of likely N-dealkylation sites (tertiary alicyclic amines) is 1. The number of rotatable bonds is 1.